The second kappa shape index (κ2) is 7.69. The Balaban J connectivity index is 2.81. The molecule has 1 heterocycles. The highest BCUT2D eigenvalue weighted by Crippen LogP contribution is 2.22. The summed E-state index contributed by atoms with van der Waals surface area (Å²) in [6.07, 6.45) is 2.32. The van der Waals surface area contributed by atoms with Crippen LogP contribution in [0.3, 0.4) is 0 Å². The molecule has 0 radical (unpaired) electrons. The van der Waals surface area contributed by atoms with Crippen molar-refractivity contribution in [2.45, 2.75) is 32.7 Å². The summed E-state index contributed by atoms with van der Waals surface area (Å²) in [6.45, 7) is 4.05. The van der Waals surface area contributed by atoms with E-state index in [0.29, 0.717) is 19.4 Å². The molecule has 0 aliphatic carbocycles. The molecule has 1 unspecified atom stereocenters. The number of carbonyl (C=O) groups is 2. The Morgan fingerprint density at radius 3 is 2.70 bits per heavy atom. The second-order valence-electron chi connectivity index (χ2n) is 4.10. The zero-order valence-electron chi connectivity index (χ0n) is 11.4. The van der Waals surface area contributed by atoms with Crippen LogP contribution in [0.4, 0.5) is 0 Å². The normalized spacial score (nSPS) is 11.8. The van der Waals surface area contributed by atoms with Gasteiger partial charge in [-0.3, -0.25) is 4.79 Å². The molecule has 0 aliphatic heterocycles. The van der Waals surface area contributed by atoms with E-state index >= 15 is 0 Å². The predicted octanol–water partition coefficient (Wildman–Crippen LogP) is 2.12. The molecule has 0 fully saturated rings. The lowest BCUT2D eigenvalue weighted by atomic mass is 10.1. The number of pyridine rings is 1. The van der Waals surface area contributed by atoms with Gasteiger partial charge in [-0.05, 0) is 19.4 Å². The van der Waals surface area contributed by atoms with E-state index in [4.69, 9.17) is 21.4 Å². The van der Waals surface area contributed by atoms with Gasteiger partial charge in [-0.2, -0.15) is 0 Å². The van der Waals surface area contributed by atoms with Gasteiger partial charge in [-0.1, -0.05) is 24.9 Å². The molecule has 0 aliphatic rings. The number of aromatic nitrogens is 1. The number of hydrogen-bond donors (Lipinski definition) is 2. The summed E-state index contributed by atoms with van der Waals surface area (Å²) in [5.74, 6) is -1.34. The number of rotatable bonds is 7. The zero-order valence-corrected chi connectivity index (χ0v) is 12.1. The fourth-order valence-electron chi connectivity index (χ4n) is 1.58. The molecule has 1 rings (SSSR count). The SMILES string of the molecule is CCCC(NC(=O)c1cnc(OCC)c(Cl)c1)C(=O)O. The number of amides is 1. The van der Waals surface area contributed by atoms with E-state index in [0.717, 1.165) is 0 Å². The lowest BCUT2D eigenvalue weighted by molar-refractivity contribution is -0.139. The number of nitrogens with one attached hydrogen (secondary N) is 1. The first-order chi connectivity index (χ1) is 9.49. The first-order valence-electron chi connectivity index (χ1n) is 6.31. The molecule has 0 bridgehead atoms. The average molecular weight is 301 g/mol. The summed E-state index contributed by atoms with van der Waals surface area (Å²) in [5, 5.41) is 11.6. The highest BCUT2D eigenvalue weighted by molar-refractivity contribution is 6.32. The standard InChI is InChI=1S/C13H17ClN2O4/c1-3-5-10(13(18)19)16-11(17)8-6-9(14)12(15-7-8)20-4-2/h6-7,10H,3-5H2,1-2H3,(H,16,17)(H,18,19). The maximum Gasteiger partial charge on any atom is 0.326 e. The minimum absolute atomic E-state index is 0.195. The van der Waals surface area contributed by atoms with E-state index < -0.39 is 17.9 Å². The van der Waals surface area contributed by atoms with Gasteiger partial charge in [0, 0.05) is 6.20 Å². The fourth-order valence-corrected chi connectivity index (χ4v) is 1.80. The quantitative estimate of drug-likeness (QED) is 0.805. The Hall–Kier alpha value is -1.82. The van der Waals surface area contributed by atoms with Crippen molar-refractivity contribution in [1.29, 1.82) is 0 Å². The smallest absolute Gasteiger partial charge is 0.326 e. The van der Waals surface area contributed by atoms with E-state index in [1.807, 2.05) is 6.92 Å². The number of hydrogen-bond acceptors (Lipinski definition) is 4. The molecule has 1 atom stereocenters. The van der Waals surface area contributed by atoms with Crippen LogP contribution in [-0.2, 0) is 4.79 Å². The maximum absolute atomic E-state index is 11.9. The molecular formula is C13H17ClN2O4. The van der Waals surface area contributed by atoms with Crippen molar-refractivity contribution in [3.8, 4) is 5.88 Å². The van der Waals surface area contributed by atoms with E-state index in [-0.39, 0.29) is 16.5 Å². The van der Waals surface area contributed by atoms with Crippen LogP contribution in [0.25, 0.3) is 0 Å². The monoisotopic (exact) mass is 300 g/mol. The molecule has 7 heteroatoms. The second-order valence-corrected chi connectivity index (χ2v) is 4.50. The van der Waals surface area contributed by atoms with Crippen molar-refractivity contribution in [2.24, 2.45) is 0 Å². The summed E-state index contributed by atoms with van der Waals surface area (Å²) >= 11 is 5.93. The van der Waals surface area contributed by atoms with Gasteiger partial charge in [-0.15, -0.1) is 0 Å². The molecule has 20 heavy (non-hydrogen) atoms. The van der Waals surface area contributed by atoms with Crippen molar-refractivity contribution in [3.63, 3.8) is 0 Å². The Bertz CT molecular complexity index is 493. The van der Waals surface area contributed by atoms with Crippen LogP contribution in [0.2, 0.25) is 5.02 Å². The van der Waals surface area contributed by atoms with Gasteiger partial charge < -0.3 is 15.2 Å². The van der Waals surface area contributed by atoms with Gasteiger partial charge in [0.2, 0.25) is 5.88 Å². The predicted molar refractivity (Wildman–Crippen MR) is 74.2 cm³/mol. The molecule has 110 valence electrons. The third-order valence-corrected chi connectivity index (χ3v) is 2.80. The summed E-state index contributed by atoms with van der Waals surface area (Å²) in [5.41, 5.74) is 0.195. The molecule has 0 aromatic carbocycles. The van der Waals surface area contributed by atoms with Crippen molar-refractivity contribution >= 4 is 23.5 Å². The molecule has 1 aromatic rings. The minimum atomic E-state index is -1.06. The molecule has 1 amide bonds. The Morgan fingerprint density at radius 2 is 2.20 bits per heavy atom. The van der Waals surface area contributed by atoms with Crippen LogP contribution >= 0.6 is 11.6 Å². The highest BCUT2D eigenvalue weighted by atomic mass is 35.5. The average Bonchev–Trinajstić information content (AvgIpc) is 2.40. The molecule has 2 N–H and O–H groups in total. The van der Waals surface area contributed by atoms with Crippen LogP contribution in [0.1, 0.15) is 37.0 Å². The number of carbonyl (C=O) groups excluding carboxylic acids is 1. The van der Waals surface area contributed by atoms with Gasteiger partial charge in [0.25, 0.3) is 5.91 Å². The van der Waals surface area contributed by atoms with Gasteiger partial charge in [-0.25, -0.2) is 9.78 Å². The molecule has 0 saturated carbocycles. The summed E-state index contributed by atoms with van der Waals surface area (Å²) in [6, 6.07) is 0.484. The topological polar surface area (TPSA) is 88.5 Å². The van der Waals surface area contributed by atoms with Crippen LogP contribution in [0.5, 0.6) is 5.88 Å². The third kappa shape index (κ3) is 4.38. The van der Waals surface area contributed by atoms with Crippen LogP contribution in [0.15, 0.2) is 12.3 Å². The van der Waals surface area contributed by atoms with Crippen molar-refractivity contribution in [2.75, 3.05) is 6.61 Å². The first-order valence-corrected chi connectivity index (χ1v) is 6.69. The molecule has 6 nitrogen and oxygen atoms in total. The number of aliphatic carboxylic acids is 1. The van der Waals surface area contributed by atoms with Gasteiger partial charge in [0.05, 0.1) is 12.2 Å². The lowest BCUT2D eigenvalue weighted by Gasteiger charge is -2.13. The first kappa shape index (κ1) is 16.2. The largest absolute Gasteiger partial charge is 0.480 e. The molecule has 0 saturated heterocycles. The van der Waals surface area contributed by atoms with E-state index in [9.17, 15) is 9.59 Å². The Kier molecular flexibility index (Phi) is 6.24. The third-order valence-electron chi connectivity index (χ3n) is 2.53. The zero-order chi connectivity index (χ0) is 15.1. The van der Waals surface area contributed by atoms with E-state index in [2.05, 4.69) is 10.3 Å². The molecule has 1 aromatic heterocycles. The van der Waals surface area contributed by atoms with Crippen LogP contribution in [0, 0.1) is 0 Å². The van der Waals surface area contributed by atoms with Gasteiger partial charge >= 0.3 is 5.97 Å². The molecule has 0 spiro atoms. The highest BCUT2D eigenvalue weighted by Gasteiger charge is 2.20. The summed E-state index contributed by atoms with van der Waals surface area (Å²) in [7, 11) is 0. The number of carboxylic acid groups (broad SMARTS) is 1. The fraction of sp³-hybridized carbons (Fsp3) is 0.462. The number of ether oxygens (including phenoxy) is 1. The maximum atomic E-state index is 11.9. The summed E-state index contributed by atoms with van der Waals surface area (Å²) in [4.78, 5) is 26.9. The van der Waals surface area contributed by atoms with Crippen molar-refractivity contribution in [3.05, 3.63) is 22.8 Å². The number of carboxylic acids is 1. The lowest BCUT2D eigenvalue weighted by Crippen LogP contribution is -2.40. The minimum Gasteiger partial charge on any atom is -0.480 e. The van der Waals surface area contributed by atoms with Crippen LogP contribution < -0.4 is 10.1 Å². The van der Waals surface area contributed by atoms with E-state index in [1.54, 1.807) is 6.92 Å². The van der Waals surface area contributed by atoms with Crippen molar-refractivity contribution in [1.82, 2.24) is 10.3 Å². The number of halogens is 1. The van der Waals surface area contributed by atoms with Crippen LogP contribution in [-0.4, -0.2) is 34.6 Å². The number of nitrogens with zero attached hydrogens (tertiary/aromatic N) is 1. The molecular weight excluding hydrogens is 284 g/mol. The van der Waals surface area contributed by atoms with Crippen molar-refractivity contribution < 1.29 is 19.4 Å². The Labute approximate surface area is 122 Å². The van der Waals surface area contributed by atoms with E-state index in [1.165, 1.54) is 12.3 Å². The van der Waals surface area contributed by atoms with Gasteiger partial charge in [0.15, 0.2) is 0 Å². The van der Waals surface area contributed by atoms with Gasteiger partial charge in [0.1, 0.15) is 11.1 Å². The Morgan fingerprint density at radius 1 is 1.50 bits per heavy atom. The summed E-state index contributed by atoms with van der Waals surface area (Å²) < 4.78 is 5.16.